The second-order valence-corrected chi connectivity index (χ2v) is 9.84. The van der Waals surface area contributed by atoms with Crippen molar-refractivity contribution < 1.29 is 13.5 Å². The van der Waals surface area contributed by atoms with E-state index in [1.54, 1.807) is 23.6 Å². The monoisotopic (exact) mass is 495 g/mol. The zero-order chi connectivity index (χ0) is 24.1. The highest BCUT2D eigenvalue weighted by atomic mass is 32.1. The fourth-order valence-corrected chi connectivity index (χ4v) is 5.84. The van der Waals surface area contributed by atoms with E-state index in [0.29, 0.717) is 17.6 Å². The molecule has 8 nitrogen and oxygen atoms in total. The van der Waals surface area contributed by atoms with E-state index in [2.05, 4.69) is 32.5 Å². The second-order valence-electron chi connectivity index (χ2n) is 9.06. The van der Waals surface area contributed by atoms with E-state index in [-0.39, 0.29) is 29.2 Å². The molecule has 3 aromatic heterocycles. The van der Waals surface area contributed by atoms with Gasteiger partial charge in [-0.15, -0.1) is 5.10 Å². The fraction of sp³-hybridized carbons (Fsp3) is 0.333. The van der Waals surface area contributed by atoms with Crippen LogP contribution in [0.25, 0.3) is 28.2 Å². The van der Waals surface area contributed by atoms with Crippen LogP contribution in [0.2, 0.25) is 0 Å². The Kier molecular flexibility index (Phi) is 5.45. The highest BCUT2D eigenvalue weighted by Gasteiger charge is 2.39. The number of ether oxygens (including phenoxy) is 1. The molecule has 2 aliphatic rings. The van der Waals surface area contributed by atoms with Crippen molar-refractivity contribution in [3.63, 3.8) is 0 Å². The Balaban J connectivity index is 1.31. The molecule has 0 spiro atoms. The Labute approximate surface area is 204 Å². The number of benzene rings is 1. The van der Waals surface area contributed by atoms with Crippen molar-refractivity contribution in [1.29, 1.82) is 0 Å². The Morgan fingerprint density at radius 1 is 1.09 bits per heavy atom. The molecular weight excluding hydrogens is 472 g/mol. The van der Waals surface area contributed by atoms with Crippen LogP contribution in [-0.2, 0) is 0 Å². The topological polar surface area (TPSA) is 95.0 Å². The van der Waals surface area contributed by atoms with Crippen LogP contribution in [0.5, 0.6) is 5.75 Å². The van der Waals surface area contributed by atoms with Crippen LogP contribution in [0.15, 0.2) is 41.2 Å². The normalized spacial score (nSPS) is 22.0. The SMILES string of the molecule is CN1C2CCC1CC(Oc1ccc(-n3nnnc3-c3cc(-c4ccsc4)cnc3N)c(F)c1F)C2. The van der Waals surface area contributed by atoms with Crippen molar-refractivity contribution in [2.24, 2.45) is 0 Å². The van der Waals surface area contributed by atoms with Crippen LogP contribution in [0, 0.1) is 11.6 Å². The van der Waals surface area contributed by atoms with Gasteiger partial charge in [-0.05, 0) is 83.7 Å². The van der Waals surface area contributed by atoms with E-state index >= 15 is 8.78 Å². The first-order valence-corrected chi connectivity index (χ1v) is 12.4. The van der Waals surface area contributed by atoms with Gasteiger partial charge in [-0.3, -0.25) is 0 Å². The minimum Gasteiger partial charge on any atom is -0.487 e. The van der Waals surface area contributed by atoms with E-state index in [0.717, 1.165) is 41.5 Å². The Bertz CT molecular complexity index is 1360. The maximum absolute atomic E-state index is 15.3. The molecule has 2 bridgehead atoms. The largest absolute Gasteiger partial charge is 0.487 e. The molecule has 0 radical (unpaired) electrons. The molecule has 2 N–H and O–H groups in total. The number of anilines is 1. The summed E-state index contributed by atoms with van der Waals surface area (Å²) >= 11 is 1.55. The molecule has 0 saturated carbocycles. The van der Waals surface area contributed by atoms with Crippen LogP contribution in [0.1, 0.15) is 25.7 Å². The van der Waals surface area contributed by atoms with Crippen molar-refractivity contribution in [3.05, 3.63) is 52.9 Å². The van der Waals surface area contributed by atoms with E-state index in [9.17, 15) is 0 Å². The van der Waals surface area contributed by atoms with Gasteiger partial charge in [-0.25, -0.2) is 9.37 Å². The number of pyridine rings is 1. The number of halogens is 2. The fourth-order valence-electron chi connectivity index (χ4n) is 5.17. The minimum absolute atomic E-state index is 0.101. The van der Waals surface area contributed by atoms with E-state index in [1.807, 2.05) is 16.8 Å². The summed E-state index contributed by atoms with van der Waals surface area (Å²) in [5.41, 5.74) is 8.16. The summed E-state index contributed by atoms with van der Waals surface area (Å²) in [7, 11) is 2.12. The summed E-state index contributed by atoms with van der Waals surface area (Å²) in [4.78, 5) is 6.62. The van der Waals surface area contributed by atoms with Crippen LogP contribution in [-0.4, -0.2) is 55.3 Å². The lowest BCUT2D eigenvalue weighted by atomic mass is 10.0. The van der Waals surface area contributed by atoms with Gasteiger partial charge in [0.25, 0.3) is 0 Å². The second kappa shape index (κ2) is 8.65. The number of hydrogen-bond donors (Lipinski definition) is 1. The number of thiophene rings is 1. The van der Waals surface area contributed by atoms with E-state index in [4.69, 9.17) is 10.5 Å². The first-order chi connectivity index (χ1) is 17.0. The maximum atomic E-state index is 15.3. The summed E-state index contributed by atoms with van der Waals surface area (Å²) < 4.78 is 37.5. The molecule has 2 fully saturated rings. The van der Waals surface area contributed by atoms with Crippen LogP contribution >= 0.6 is 11.3 Å². The number of hydrogen-bond acceptors (Lipinski definition) is 8. The van der Waals surface area contributed by atoms with Crippen molar-refractivity contribution in [1.82, 2.24) is 30.1 Å². The Morgan fingerprint density at radius 2 is 1.89 bits per heavy atom. The van der Waals surface area contributed by atoms with Crippen molar-refractivity contribution in [2.75, 3.05) is 12.8 Å². The summed E-state index contributed by atoms with van der Waals surface area (Å²) in [5, 5.41) is 15.5. The number of aromatic nitrogens is 5. The van der Waals surface area contributed by atoms with Gasteiger partial charge in [-0.2, -0.15) is 20.4 Å². The molecule has 35 heavy (non-hydrogen) atoms. The molecule has 4 aromatic rings. The highest BCUT2D eigenvalue weighted by molar-refractivity contribution is 7.08. The molecule has 0 amide bonds. The number of rotatable bonds is 5. The van der Waals surface area contributed by atoms with Crippen molar-refractivity contribution >= 4 is 17.2 Å². The van der Waals surface area contributed by atoms with Gasteiger partial charge in [0, 0.05) is 23.8 Å². The summed E-state index contributed by atoms with van der Waals surface area (Å²) in [5.74, 6) is -1.92. The summed E-state index contributed by atoms with van der Waals surface area (Å²) in [6.45, 7) is 0. The number of fused-ring (bicyclic) bond motifs is 2. The maximum Gasteiger partial charge on any atom is 0.202 e. The number of nitrogen functional groups attached to an aromatic ring is 1. The summed E-state index contributed by atoms with van der Waals surface area (Å²) in [6.07, 6.45) is 5.35. The Hall–Kier alpha value is -3.44. The van der Waals surface area contributed by atoms with E-state index in [1.165, 1.54) is 12.1 Å². The smallest absolute Gasteiger partial charge is 0.202 e. The zero-order valence-corrected chi connectivity index (χ0v) is 19.8. The lowest BCUT2D eigenvalue weighted by molar-refractivity contribution is 0.0631. The van der Waals surface area contributed by atoms with Gasteiger partial charge in [0.05, 0.1) is 5.56 Å². The number of nitrogens with two attached hydrogens (primary N) is 1. The third kappa shape index (κ3) is 3.84. The van der Waals surface area contributed by atoms with Gasteiger partial charge in [0.15, 0.2) is 17.4 Å². The van der Waals surface area contributed by atoms with E-state index < -0.39 is 11.6 Å². The van der Waals surface area contributed by atoms with Crippen molar-refractivity contribution in [3.8, 4) is 34.0 Å². The lowest BCUT2D eigenvalue weighted by Gasteiger charge is -2.36. The third-order valence-corrected chi connectivity index (χ3v) is 7.77. The average Bonchev–Trinajstić information content (AvgIpc) is 3.59. The number of tetrazole rings is 1. The van der Waals surface area contributed by atoms with Gasteiger partial charge in [-0.1, -0.05) is 0 Å². The van der Waals surface area contributed by atoms with Gasteiger partial charge in [0.1, 0.15) is 17.6 Å². The van der Waals surface area contributed by atoms with Gasteiger partial charge in [0.2, 0.25) is 5.82 Å². The quantitative estimate of drug-likeness (QED) is 0.441. The first kappa shape index (κ1) is 22.1. The molecule has 2 atom stereocenters. The number of nitrogens with zero attached hydrogens (tertiary/aromatic N) is 6. The molecule has 2 saturated heterocycles. The standard InChI is InChI=1S/C24H23F2N7OS/c1-32-15-2-3-16(32)10-17(9-15)34-20-5-4-19(21(25)22(20)26)33-24(29-30-31-33)18-8-14(11-28-23(18)27)13-6-7-35-12-13/h4-8,11-12,15-17H,2-3,9-10H2,1H3,(H2,27,28). The molecule has 180 valence electrons. The molecule has 2 aliphatic heterocycles. The van der Waals surface area contributed by atoms with Crippen molar-refractivity contribution in [2.45, 2.75) is 43.9 Å². The first-order valence-electron chi connectivity index (χ1n) is 11.4. The third-order valence-electron chi connectivity index (χ3n) is 7.09. The van der Waals surface area contributed by atoms with Crippen LogP contribution in [0.3, 0.4) is 0 Å². The average molecular weight is 496 g/mol. The van der Waals surface area contributed by atoms with Gasteiger partial charge < -0.3 is 15.4 Å². The zero-order valence-electron chi connectivity index (χ0n) is 18.9. The molecule has 1 aromatic carbocycles. The molecule has 2 unspecified atom stereocenters. The highest BCUT2D eigenvalue weighted by Crippen LogP contribution is 2.37. The van der Waals surface area contributed by atoms with Gasteiger partial charge >= 0.3 is 0 Å². The molecule has 0 aliphatic carbocycles. The minimum atomic E-state index is -1.09. The predicted molar refractivity (Wildman–Crippen MR) is 128 cm³/mol. The Morgan fingerprint density at radius 3 is 2.63 bits per heavy atom. The van der Waals surface area contributed by atoms with Crippen LogP contribution in [0.4, 0.5) is 14.6 Å². The van der Waals surface area contributed by atoms with Crippen LogP contribution < -0.4 is 10.5 Å². The molecular formula is C24H23F2N7OS. The molecule has 6 rings (SSSR count). The predicted octanol–water partition coefficient (Wildman–Crippen LogP) is 4.32. The number of piperidine rings is 1. The summed E-state index contributed by atoms with van der Waals surface area (Å²) in [6, 6.07) is 7.45. The molecule has 11 heteroatoms. The lowest BCUT2D eigenvalue weighted by Crippen LogP contribution is -2.43. The molecule has 5 heterocycles.